The Bertz CT molecular complexity index is 524. The van der Waals surface area contributed by atoms with Crippen molar-refractivity contribution in [1.82, 2.24) is 4.90 Å². The van der Waals surface area contributed by atoms with E-state index in [1.54, 1.807) is 17.0 Å². The second kappa shape index (κ2) is 5.81. The summed E-state index contributed by atoms with van der Waals surface area (Å²) in [5.41, 5.74) is 1.72. The number of hydrogen-bond acceptors (Lipinski definition) is 4. The van der Waals surface area contributed by atoms with Crippen LogP contribution in [-0.4, -0.2) is 48.9 Å². The molecule has 0 bridgehead atoms. The van der Waals surface area contributed by atoms with E-state index in [0.29, 0.717) is 37.7 Å². The van der Waals surface area contributed by atoms with Gasteiger partial charge in [-0.25, -0.2) is 0 Å². The van der Waals surface area contributed by atoms with Gasteiger partial charge < -0.3 is 14.5 Å². The van der Waals surface area contributed by atoms with Crippen LogP contribution in [0.4, 0.5) is 0 Å². The Kier molecular flexibility index (Phi) is 3.89. The summed E-state index contributed by atoms with van der Waals surface area (Å²) in [6.07, 6.45) is -0.0172. The Morgan fingerprint density at radius 1 is 1.25 bits per heavy atom. The molecule has 0 N–H and O–H groups in total. The van der Waals surface area contributed by atoms with Gasteiger partial charge in [-0.05, 0) is 17.7 Å². The second-order valence-electron chi connectivity index (χ2n) is 4.78. The summed E-state index contributed by atoms with van der Waals surface area (Å²) in [6.45, 7) is 2.41. The molecule has 5 nitrogen and oxygen atoms in total. The number of carbonyl (C=O) groups excluding carboxylic acids is 1. The van der Waals surface area contributed by atoms with Gasteiger partial charge in [0.2, 0.25) is 6.10 Å². The molecule has 2 aliphatic rings. The van der Waals surface area contributed by atoms with E-state index in [9.17, 15) is 4.79 Å². The van der Waals surface area contributed by atoms with Crippen LogP contribution in [0.5, 0.6) is 0 Å². The highest BCUT2D eigenvalue weighted by Gasteiger charge is 2.32. The molecule has 6 heteroatoms. The minimum absolute atomic E-state index is 0.0130. The molecule has 1 fully saturated rings. The molecule has 1 aromatic rings. The van der Waals surface area contributed by atoms with Crippen molar-refractivity contribution in [2.75, 3.05) is 26.3 Å². The van der Waals surface area contributed by atoms with Gasteiger partial charge in [-0.2, -0.15) is 0 Å². The maximum atomic E-state index is 12.3. The number of benzene rings is 1. The highest BCUT2D eigenvalue weighted by molar-refractivity contribution is 6.30. The fourth-order valence-electron chi connectivity index (χ4n) is 2.31. The molecule has 0 saturated carbocycles. The summed E-state index contributed by atoms with van der Waals surface area (Å²) in [7, 11) is 0. The van der Waals surface area contributed by atoms with Crippen LogP contribution in [0.2, 0.25) is 5.02 Å². The molecule has 3 rings (SSSR count). The highest BCUT2D eigenvalue weighted by atomic mass is 35.5. The fourth-order valence-corrected chi connectivity index (χ4v) is 2.44. The molecule has 0 radical (unpaired) electrons. The van der Waals surface area contributed by atoms with E-state index in [4.69, 9.17) is 21.2 Å². The van der Waals surface area contributed by atoms with Crippen molar-refractivity contribution in [1.29, 1.82) is 0 Å². The first-order valence-corrected chi connectivity index (χ1v) is 6.97. The Balaban J connectivity index is 1.63. The quantitative estimate of drug-likeness (QED) is 0.834. The van der Waals surface area contributed by atoms with Gasteiger partial charge in [0.1, 0.15) is 0 Å². The summed E-state index contributed by atoms with van der Waals surface area (Å²) in [5.74, 6) is -0.0130. The van der Waals surface area contributed by atoms with Crippen LogP contribution in [-0.2, 0) is 14.4 Å². The SMILES string of the molecule is O=C([C@H]1CC(c2ccc(Cl)cc2)=NO1)N1CCOCC1. The van der Waals surface area contributed by atoms with Crippen molar-refractivity contribution in [2.45, 2.75) is 12.5 Å². The van der Waals surface area contributed by atoms with E-state index in [-0.39, 0.29) is 5.91 Å². The van der Waals surface area contributed by atoms with Gasteiger partial charge in [0.25, 0.3) is 5.91 Å². The number of rotatable bonds is 2. The molecule has 2 aliphatic heterocycles. The Morgan fingerprint density at radius 3 is 2.65 bits per heavy atom. The van der Waals surface area contributed by atoms with Gasteiger partial charge in [-0.3, -0.25) is 4.79 Å². The lowest BCUT2D eigenvalue weighted by Gasteiger charge is -2.28. The van der Waals surface area contributed by atoms with E-state index < -0.39 is 6.10 Å². The molecule has 1 amide bonds. The van der Waals surface area contributed by atoms with Crippen LogP contribution in [0, 0.1) is 0 Å². The fraction of sp³-hybridized carbons (Fsp3) is 0.429. The first kappa shape index (κ1) is 13.4. The lowest BCUT2D eigenvalue weighted by molar-refractivity contribution is -0.146. The first-order valence-electron chi connectivity index (χ1n) is 6.59. The third-order valence-electron chi connectivity index (χ3n) is 3.44. The van der Waals surface area contributed by atoms with Crippen molar-refractivity contribution in [2.24, 2.45) is 5.16 Å². The third-order valence-corrected chi connectivity index (χ3v) is 3.70. The van der Waals surface area contributed by atoms with Gasteiger partial charge in [0.05, 0.1) is 18.9 Å². The topological polar surface area (TPSA) is 51.1 Å². The maximum absolute atomic E-state index is 12.3. The maximum Gasteiger partial charge on any atom is 0.267 e. The zero-order valence-electron chi connectivity index (χ0n) is 10.9. The van der Waals surface area contributed by atoms with Crippen LogP contribution in [0.15, 0.2) is 29.4 Å². The van der Waals surface area contributed by atoms with Gasteiger partial charge >= 0.3 is 0 Å². The number of ether oxygens (including phenoxy) is 1. The van der Waals surface area contributed by atoms with Gasteiger partial charge in [0.15, 0.2) is 0 Å². The standard InChI is InChI=1S/C14H15ClN2O3/c15-11-3-1-10(2-4-11)12-9-13(20-16-12)14(18)17-5-7-19-8-6-17/h1-4,13H,5-9H2/t13-/m1/s1. The largest absolute Gasteiger partial charge is 0.382 e. The van der Waals surface area contributed by atoms with Crippen molar-refractivity contribution >= 4 is 23.2 Å². The molecule has 20 heavy (non-hydrogen) atoms. The minimum Gasteiger partial charge on any atom is -0.382 e. The average Bonchev–Trinajstić information content (AvgIpc) is 2.98. The highest BCUT2D eigenvalue weighted by Crippen LogP contribution is 2.20. The normalized spacial score (nSPS) is 22.4. The van der Waals surface area contributed by atoms with Crippen LogP contribution in [0.1, 0.15) is 12.0 Å². The summed E-state index contributed by atoms with van der Waals surface area (Å²) < 4.78 is 5.24. The number of oxime groups is 1. The Labute approximate surface area is 122 Å². The van der Waals surface area contributed by atoms with Crippen molar-refractivity contribution in [3.63, 3.8) is 0 Å². The molecule has 0 aromatic heterocycles. The van der Waals surface area contributed by atoms with Crippen LogP contribution in [0.3, 0.4) is 0 Å². The summed E-state index contributed by atoms with van der Waals surface area (Å²) in [4.78, 5) is 19.3. The van der Waals surface area contributed by atoms with Gasteiger partial charge in [-0.15, -0.1) is 0 Å². The number of morpholine rings is 1. The average molecular weight is 295 g/mol. The lowest BCUT2D eigenvalue weighted by Crippen LogP contribution is -2.45. The van der Waals surface area contributed by atoms with Crippen LogP contribution >= 0.6 is 11.6 Å². The molecule has 1 saturated heterocycles. The molecule has 2 heterocycles. The Morgan fingerprint density at radius 2 is 1.95 bits per heavy atom. The number of hydrogen-bond donors (Lipinski definition) is 0. The summed E-state index contributed by atoms with van der Waals surface area (Å²) in [6, 6.07) is 7.37. The van der Waals surface area contributed by atoms with E-state index >= 15 is 0 Å². The number of carbonyl (C=O) groups is 1. The van der Waals surface area contributed by atoms with Gasteiger partial charge in [0, 0.05) is 24.5 Å². The molecule has 1 atom stereocenters. The zero-order valence-corrected chi connectivity index (χ0v) is 11.7. The zero-order chi connectivity index (χ0) is 13.9. The predicted molar refractivity (Wildman–Crippen MR) is 74.9 cm³/mol. The molecular formula is C14H15ClN2O3. The van der Waals surface area contributed by atoms with Crippen molar-refractivity contribution in [3.8, 4) is 0 Å². The first-order chi connectivity index (χ1) is 9.74. The molecule has 0 aliphatic carbocycles. The van der Waals surface area contributed by atoms with E-state index in [1.165, 1.54) is 0 Å². The lowest BCUT2D eigenvalue weighted by atomic mass is 10.0. The monoisotopic (exact) mass is 294 g/mol. The molecule has 0 unspecified atom stereocenters. The third kappa shape index (κ3) is 2.78. The minimum atomic E-state index is -0.515. The number of amides is 1. The molecule has 1 aromatic carbocycles. The molecule has 0 spiro atoms. The van der Waals surface area contributed by atoms with Crippen LogP contribution in [0.25, 0.3) is 0 Å². The molecule has 106 valence electrons. The van der Waals surface area contributed by atoms with Crippen LogP contribution < -0.4 is 0 Å². The number of nitrogens with zero attached hydrogens (tertiary/aromatic N) is 2. The predicted octanol–water partition coefficient (Wildman–Crippen LogP) is 1.69. The summed E-state index contributed by atoms with van der Waals surface area (Å²) in [5, 5.41) is 4.70. The summed E-state index contributed by atoms with van der Waals surface area (Å²) >= 11 is 5.86. The number of halogens is 1. The Hall–Kier alpha value is -1.59. The van der Waals surface area contributed by atoms with E-state index in [2.05, 4.69) is 5.16 Å². The molecular weight excluding hydrogens is 280 g/mol. The van der Waals surface area contributed by atoms with Crippen molar-refractivity contribution in [3.05, 3.63) is 34.9 Å². The smallest absolute Gasteiger partial charge is 0.267 e. The van der Waals surface area contributed by atoms with E-state index in [0.717, 1.165) is 11.3 Å². The van der Waals surface area contributed by atoms with E-state index in [1.807, 2.05) is 12.1 Å². The van der Waals surface area contributed by atoms with Crippen molar-refractivity contribution < 1.29 is 14.4 Å². The second-order valence-corrected chi connectivity index (χ2v) is 5.22. The van der Waals surface area contributed by atoms with Gasteiger partial charge in [-0.1, -0.05) is 28.9 Å².